The van der Waals surface area contributed by atoms with Crippen molar-refractivity contribution in [1.29, 1.82) is 0 Å². The number of amides is 1. The Labute approximate surface area is 250 Å². The number of carbonyl (C=O) groups excluding carboxylic acids is 1. The van der Waals surface area contributed by atoms with Gasteiger partial charge in [-0.05, 0) is 35.7 Å². The van der Waals surface area contributed by atoms with Crippen LogP contribution in [0.4, 0.5) is 5.69 Å². The van der Waals surface area contributed by atoms with Gasteiger partial charge < -0.3 is 14.0 Å². The summed E-state index contributed by atoms with van der Waals surface area (Å²) in [7, 11) is 0. The second kappa shape index (κ2) is 12.6. The van der Waals surface area contributed by atoms with Crippen LogP contribution in [0.1, 0.15) is 16.8 Å². The maximum atomic E-state index is 12.8. The summed E-state index contributed by atoms with van der Waals surface area (Å²) in [6, 6.07) is 28.8. The van der Waals surface area contributed by atoms with E-state index >= 15 is 0 Å². The van der Waals surface area contributed by atoms with Crippen molar-refractivity contribution in [2.75, 3.05) is 32.8 Å². The van der Waals surface area contributed by atoms with Gasteiger partial charge in [-0.3, -0.25) is 19.8 Å². The molecule has 0 atom stereocenters. The summed E-state index contributed by atoms with van der Waals surface area (Å²) in [6.45, 7) is 5.92. The lowest BCUT2D eigenvalue weighted by molar-refractivity contribution is -0.384. The minimum Gasteiger partial charge on any atom is -0.367 e. The highest BCUT2D eigenvalue weighted by molar-refractivity contribution is 5.77. The summed E-state index contributed by atoms with van der Waals surface area (Å²) < 4.78 is 7.78. The number of piperazine rings is 1. The van der Waals surface area contributed by atoms with Crippen LogP contribution >= 0.6 is 0 Å². The molecule has 0 N–H and O–H groups in total. The number of imidazole rings is 1. The molecule has 9 nitrogen and oxygen atoms in total. The van der Waals surface area contributed by atoms with Crippen molar-refractivity contribution in [2.24, 2.45) is 0 Å². The van der Waals surface area contributed by atoms with Crippen LogP contribution in [-0.4, -0.2) is 62.8 Å². The molecule has 0 radical (unpaired) electrons. The summed E-state index contributed by atoms with van der Waals surface area (Å²) in [5.41, 5.74) is 7.71. The summed E-state index contributed by atoms with van der Waals surface area (Å²) in [5.74, 6) is 0.00678. The van der Waals surface area contributed by atoms with Gasteiger partial charge in [0.2, 0.25) is 5.91 Å². The smallest absolute Gasteiger partial charge is 0.270 e. The first-order valence-corrected chi connectivity index (χ1v) is 14.4. The lowest BCUT2D eigenvalue weighted by Crippen LogP contribution is -2.49. The van der Waals surface area contributed by atoms with Gasteiger partial charge in [0.05, 0.1) is 22.9 Å². The minimum atomic E-state index is -0.375. The van der Waals surface area contributed by atoms with Gasteiger partial charge in [0, 0.05) is 56.6 Å². The third-order valence-electron chi connectivity index (χ3n) is 7.87. The number of nitrogens with zero attached hydrogens (tertiary/aromatic N) is 5. The van der Waals surface area contributed by atoms with Gasteiger partial charge in [-0.25, -0.2) is 4.98 Å². The van der Waals surface area contributed by atoms with Crippen molar-refractivity contribution < 1.29 is 14.5 Å². The lowest BCUT2D eigenvalue weighted by Gasteiger charge is -2.34. The van der Waals surface area contributed by atoms with Crippen LogP contribution < -0.4 is 0 Å². The third kappa shape index (κ3) is 6.48. The van der Waals surface area contributed by atoms with E-state index < -0.39 is 0 Å². The van der Waals surface area contributed by atoms with Gasteiger partial charge in [0.1, 0.15) is 12.3 Å². The zero-order valence-electron chi connectivity index (χ0n) is 24.1. The van der Waals surface area contributed by atoms with Gasteiger partial charge in [-0.15, -0.1) is 0 Å². The topological polar surface area (TPSA) is 93.2 Å². The van der Waals surface area contributed by atoms with E-state index in [2.05, 4.69) is 40.5 Å². The maximum absolute atomic E-state index is 12.8. The summed E-state index contributed by atoms with van der Waals surface area (Å²) >= 11 is 0. The Morgan fingerprint density at radius 2 is 1.63 bits per heavy atom. The molecule has 6 rings (SSSR count). The van der Waals surface area contributed by atoms with Crippen molar-refractivity contribution in [3.8, 4) is 22.4 Å². The number of aryl methyl sites for hydroxylation is 1. The standard InChI is InChI=1S/C34H33N5O4/c1-25-10-12-27(13-11-25)34-31(38-21-29(14-15-32(38)35-34)28-8-5-9-30(20-28)39(41)42)22-36-16-18-37(19-17-36)33(40)24-43-23-26-6-3-2-4-7-26/h2-15,20-21H,16-19,22-24H2,1H3. The number of hydrogen-bond acceptors (Lipinski definition) is 6. The number of aromatic nitrogens is 2. The van der Waals surface area contributed by atoms with Crippen molar-refractivity contribution in [1.82, 2.24) is 19.2 Å². The predicted molar refractivity (Wildman–Crippen MR) is 165 cm³/mol. The number of hydrogen-bond donors (Lipinski definition) is 0. The molecule has 1 aliphatic rings. The van der Waals surface area contributed by atoms with E-state index in [1.165, 1.54) is 11.6 Å². The zero-order valence-corrected chi connectivity index (χ0v) is 24.1. The van der Waals surface area contributed by atoms with Crippen molar-refractivity contribution in [2.45, 2.75) is 20.1 Å². The van der Waals surface area contributed by atoms with Gasteiger partial charge in [-0.2, -0.15) is 0 Å². The Bertz CT molecular complexity index is 1740. The van der Waals surface area contributed by atoms with Crippen LogP contribution in [0, 0.1) is 17.0 Å². The van der Waals surface area contributed by atoms with Gasteiger partial charge in [-0.1, -0.05) is 72.3 Å². The molecule has 1 amide bonds. The van der Waals surface area contributed by atoms with Crippen LogP contribution in [-0.2, 0) is 22.7 Å². The molecule has 0 aliphatic carbocycles. The number of non-ortho nitro benzene ring substituents is 1. The Balaban J connectivity index is 1.21. The van der Waals surface area contributed by atoms with E-state index in [1.54, 1.807) is 12.1 Å². The van der Waals surface area contributed by atoms with Crippen molar-refractivity contribution in [3.05, 3.63) is 124 Å². The quantitative estimate of drug-likeness (QED) is 0.164. The molecule has 5 aromatic rings. The highest BCUT2D eigenvalue weighted by Gasteiger charge is 2.24. The van der Waals surface area contributed by atoms with Gasteiger partial charge in [0.25, 0.3) is 5.69 Å². The Hall–Kier alpha value is -4.86. The van der Waals surface area contributed by atoms with Crippen LogP contribution in [0.5, 0.6) is 0 Å². The molecule has 0 bridgehead atoms. The number of carbonyl (C=O) groups is 1. The molecule has 1 fully saturated rings. The first-order chi connectivity index (χ1) is 20.9. The fourth-order valence-electron chi connectivity index (χ4n) is 5.45. The van der Waals surface area contributed by atoms with E-state index in [0.717, 1.165) is 52.4 Å². The van der Waals surface area contributed by atoms with Gasteiger partial charge >= 0.3 is 0 Å². The summed E-state index contributed by atoms with van der Waals surface area (Å²) in [5, 5.41) is 11.4. The fraction of sp³-hybridized carbons (Fsp3) is 0.235. The largest absolute Gasteiger partial charge is 0.367 e. The van der Waals surface area contributed by atoms with E-state index in [1.807, 2.05) is 59.6 Å². The molecule has 3 heterocycles. The monoisotopic (exact) mass is 575 g/mol. The molecule has 0 spiro atoms. The van der Waals surface area contributed by atoms with Gasteiger partial charge in [0.15, 0.2) is 0 Å². The molecule has 1 saturated heterocycles. The molecule has 3 aromatic carbocycles. The van der Waals surface area contributed by atoms with Crippen LogP contribution in [0.2, 0.25) is 0 Å². The number of benzene rings is 3. The number of nitro groups is 1. The van der Waals surface area contributed by atoms with Crippen LogP contribution in [0.3, 0.4) is 0 Å². The second-order valence-corrected chi connectivity index (χ2v) is 10.9. The Morgan fingerprint density at radius 1 is 0.884 bits per heavy atom. The molecule has 9 heteroatoms. The van der Waals surface area contributed by atoms with Crippen molar-refractivity contribution >= 4 is 17.2 Å². The summed E-state index contributed by atoms with van der Waals surface area (Å²) in [4.78, 5) is 33.1. The molecule has 0 saturated carbocycles. The third-order valence-corrected chi connectivity index (χ3v) is 7.87. The van der Waals surface area contributed by atoms with Crippen LogP contribution in [0.15, 0.2) is 97.2 Å². The SMILES string of the molecule is Cc1ccc(-c2nc3ccc(-c4cccc([N+](=O)[O-])c4)cn3c2CN2CCN(C(=O)COCc3ccccc3)CC2)cc1. The number of nitro benzene ring substituents is 1. The average molecular weight is 576 g/mol. The zero-order chi connectivity index (χ0) is 29.8. The highest BCUT2D eigenvalue weighted by atomic mass is 16.6. The average Bonchev–Trinajstić information content (AvgIpc) is 3.39. The second-order valence-electron chi connectivity index (χ2n) is 10.9. The number of fused-ring (bicyclic) bond motifs is 1. The number of pyridine rings is 1. The first kappa shape index (κ1) is 28.3. The van der Waals surface area contributed by atoms with E-state index in [9.17, 15) is 14.9 Å². The molecular formula is C34H33N5O4. The predicted octanol–water partition coefficient (Wildman–Crippen LogP) is 5.75. The van der Waals surface area contributed by atoms with Crippen LogP contribution in [0.25, 0.3) is 28.0 Å². The number of ether oxygens (including phenoxy) is 1. The minimum absolute atomic E-state index is 0.00678. The molecular weight excluding hydrogens is 542 g/mol. The maximum Gasteiger partial charge on any atom is 0.270 e. The van der Waals surface area contributed by atoms with E-state index in [4.69, 9.17) is 9.72 Å². The molecule has 0 unspecified atom stereocenters. The Morgan fingerprint density at radius 3 is 2.37 bits per heavy atom. The van der Waals surface area contributed by atoms with E-state index in [0.29, 0.717) is 26.2 Å². The lowest BCUT2D eigenvalue weighted by atomic mass is 10.1. The number of rotatable bonds is 9. The Kier molecular flexibility index (Phi) is 8.26. The highest BCUT2D eigenvalue weighted by Crippen LogP contribution is 2.30. The molecule has 1 aliphatic heterocycles. The first-order valence-electron chi connectivity index (χ1n) is 14.4. The van der Waals surface area contributed by atoms with Crippen molar-refractivity contribution in [3.63, 3.8) is 0 Å². The molecule has 2 aromatic heterocycles. The summed E-state index contributed by atoms with van der Waals surface area (Å²) in [6.07, 6.45) is 2.01. The van der Waals surface area contributed by atoms with E-state index in [-0.39, 0.29) is 23.1 Å². The normalized spacial score (nSPS) is 13.8. The molecule has 43 heavy (non-hydrogen) atoms. The fourth-order valence-corrected chi connectivity index (χ4v) is 5.45. The molecule has 218 valence electrons.